The van der Waals surface area contributed by atoms with Crippen LogP contribution in [-0.2, 0) is 0 Å². The van der Waals surface area contributed by atoms with Gasteiger partial charge in [0, 0.05) is 5.56 Å². The van der Waals surface area contributed by atoms with E-state index in [1.165, 1.54) is 13.0 Å². The summed E-state index contributed by atoms with van der Waals surface area (Å²) in [5.74, 6) is -1.46. The lowest BCUT2D eigenvalue weighted by Crippen LogP contribution is -2.25. The van der Waals surface area contributed by atoms with Crippen molar-refractivity contribution in [3.63, 3.8) is 0 Å². The summed E-state index contributed by atoms with van der Waals surface area (Å²) in [7, 11) is 0. The largest absolute Gasteiger partial charge is 0.391 e. The van der Waals surface area contributed by atoms with Gasteiger partial charge in [0.25, 0.3) is 0 Å². The first-order valence-corrected chi connectivity index (χ1v) is 3.91. The van der Waals surface area contributed by atoms with Crippen molar-refractivity contribution < 1.29 is 13.9 Å². The SMILES string of the molecule is CC(O)[C@@H](N)c1c(F)cccc1F. The molecule has 0 saturated heterocycles. The average Bonchev–Trinajstić information content (AvgIpc) is 2.03. The Morgan fingerprint density at radius 3 is 2.15 bits per heavy atom. The zero-order valence-electron chi connectivity index (χ0n) is 7.17. The van der Waals surface area contributed by atoms with Gasteiger partial charge in [-0.05, 0) is 19.1 Å². The molecule has 0 spiro atoms. The maximum Gasteiger partial charge on any atom is 0.131 e. The van der Waals surface area contributed by atoms with Gasteiger partial charge >= 0.3 is 0 Å². The van der Waals surface area contributed by atoms with Crippen LogP contribution in [0.3, 0.4) is 0 Å². The molecule has 0 radical (unpaired) electrons. The number of halogens is 2. The fourth-order valence-electron chi connectivity index (χ4n) is 1.07. The first-order valence-electron chi connectivity index (χ1n) is 3.91. The molecule has 4 heteroatoms. The molecule has 1 unspecified atom stereocenters. The van der Waals surface area contributed by atoms with E-state index in [4.69, 9.17) is 10.8 Å². The normalized spacial score (nSPS) is 15.5. The summed E-state index contributed by atoms with van der Waals surface area (Å²) in [6.07, 6.45) is -0.980. The Morgan fingerprint density at radius 1 is 1.31 bits per heavy atom. The maximum absolute atomic E-state index is 13.0. The van der Waals surface area contributed by atoms with Gasteiger partial charge in [-0.1, -0.05) is 6.07 Å². The van der Waals surface area contributed by atoms with E-state index in [1.807, 2.05) is 0 Å². The molecule has 0 aromatic heterocycles. The Bertz CT molecular complexity index is 281. The fourth-order valence-corrected chi connectivity index (χ4v) is 1.07. The third-order valence-electron chi connectivity index (χ3n) is 1.85. The molecule has 13 heavy (non-hydrogen) atoms. The van der Waals surface area contributed by atoms with Gasteiger partial charge in [0.1, 0.15) is 11.6 Å². The summed E-state index contributed by atoms with van der Waals surface area (Å²) in [6.45, 7) is 1.39. The molecule has 0 aliphatic heterocycles. The highest BCUT2D eigenvalue weighted by atomic mass is 19.1. The van der Waals surface area contributed by atoms with Crippen molar-refractivity contribution >= 4 is 0 Å². The van der Waals surface area contributed by atoms with Crippen LogP contribution in [0, 0.1) is 11.6 Å². The van der Waals surface area contributed by atoms with Crippen molar-refractivity contribution in [2.75, 3.05) is 0 Å². The van der Waals surface area contributed by atoms with E-state index < -0.39 is 23.8 Å². The van der Waals surface area contributed by atoms with E-state index in [0.29, 0.717) is 0 Å². The van der Waals surface area contributed by atoms with E-state index in [0.717, 1.165) is 12.1 Å². The van der Waals surface area contributed by atoms with E-state index in [1.54, 1.807) is 0 Å². The number of hydrogen-bond acceptors (Lipinski definition) is 2. The zero-order valence-corrected chi connectivity index (χ0v) is 7.17. The Kier molecular flexibility index (Phi) is 2.95. The monoisotopic (exact) mass is 187 g/mol. The molecule has 72 valence electrons. The molecule has 2 nitrogen and oxygen atoms in total. The number of hydrogen-bond donors (Lipinski definition) is 2. The van der Waals surface area contributed by atoms with Crippen molar-refractivity contribution in [1.29, 1.82) is 0 Å². The molecule has 0 aliphatic carbocycles. The van der Waals surface area contributed by atoms with E-state index in [2.05, 4.69) is 0 Å². The number of rotatable bonds is 2. The highest BCUT2D eigenvalue weighted by molar-refractivity contribution is 5.23. The number of benzene rings is 1. The van der Waals surface area contributed by atoms with Gasteiger partial charge < -0.3 is 10.8 Å². The quantitative estimate of drug-likeness (QED) is 0.734. The molecule has 1 rings (SSSR count). The lowest BCUT2D eigenvalue weighted by Gasteiger charge is -2.16. The lowest BCUT2D eigenvalue weighted by atomic mass is 10.0. The summed E-state index contributed by atoms with van der Waals surface area (Å²) in [6, 6.07) is 2.45. The standard InChI is InChI=1S/C9H11F2NO/c1-5(13)9(12)8-6(10)3-2-4-7(8)11/h2-5,9,13H,12H2,1H3/t5?,9-/m1/s1. The van der Waals surface area contributed by atoms with E-state index >= 15 is 0 Å². The van der Waals surface area contributed by atoms with Gasteiger partial charge in [-0.15, -0.1) is 0 Å². The molecule has 0 bridgehead atoms. The predicted octanol–water partition coefficient (Wildman–Crippen LogP) is 1.35. The highest BCUT2D eigenvalue weighted by Crippen LogP contribution is 2.20. The first kappa shape index (κ1) is 10.1. The van der Waals surface area contributed by atoms with Gasteiger partial charge in [-0.3, -0.25) is 0 Å². The molecular weight excluding hydrogens is 176 g/mol. The summed E-state index contributed by atoms with van der Waals surface area (Å²) in [5.41, 5.74) is 5.14. The van der Waals surface area contributed by atoms with Crippen LogP contribution in [0.4, 0.5) is 8.78 Å². The number of aliphatic hydroxyl groups excluding tert-OH is 1. The van der Waals surface area contributed by atoms with Gasteiger partial charge in [-0.25, -0.2) is 8.78 Å². The lowest BCUT2D eigenvalue weighted by molar-refractivity contribution is 0.160. The number of nitrogens with two attached hydrogens (primary N) is 1. The highest BCUT2D eigenvalue weighted by Gasteiger charge is 2.19. The van der Waals surface area contributed by atoms with Gasteiger partial charge in [0.15, 0.2) is 0 Å². The molecule has 0 heterocycles. The van der Waals surface area contributed by atoms with Crippen LogP contribution >= 0.6 is 0 Å². The van der Waals surface area contributed by atoms with Crippen molar-refractivity contribution in [3.8, 4) is 0 Å². The Morgan fingerprint density at radius 2 is 1.77 bits per heavy atom. The number of aliphatic hydroxyl groups is 1. The molecule has 0 fully saturated rings. The van der Waals surface area contributed by atoms with Gasteiger partial charge in [0.05, 0.1) is 12.1 Å². The smallest absolute Gasteiger partial charge is 0.131 e. The maximum atomic E-state index is 13.0. The molecule has 2 atom stereocenters. The Labute approximate surface area is 75.0 Å². The molecule has 0 amide bonds. The molecule has 1 aromatic rings. The van der Waals surface area contributed by atoms with Crippen molar-refractivity contribution in [2.24, 2.45) is 5.73 Å². The minimum atomic E-state index is -1.03. The second-order valence-electron chi connectivity index (χ2n) is 2.90. The Hall–Kier alpha value is -1.00. The second kappa shape index (κ2) is 3.81. The zero-order chi connectivity index (χ0) is 10.0. The van der Waals surface area contributed by atoms with E-state index in [9.17, 15) is 8.78 Å². The average molecular weight is 187 g/mol. The first-order chi connectivity index (χ1) is 6.04. The molecule has 0 aliphatic rings. The summed E-state index contributed by atoms with van der Waals surface area (Å²) < 4.78 is 26.1. The van der Waals surface area contributed by atoms with Crippen LogP contribution < -0.4 is 5.73 Å². The second-order valence-corrected chi connectivity index (χ2v) is 2.90. The minimum absolute atomic E-state index is 0.266. The fraction of sp³-hybridized carbons (Fsp3) is 0.333. The summed E-state index contributed by atoms with van der Waals surface area (Å²) >= 11 is 0. The van der Waals surface area contributed by atoms with Crippen molar-refractivity contribution in [1.82, 2.24) is 0 Å². The minimum Gasteiger partial charge on any atom is -0.391 e. The van der Waals surface area contributed by atoms with Crippen LogP contribution in [0.1, 0.15) is 18.5 Å². The molecule has 1 aromatic carbocycles. The summed E-state index contributed by atoms with van der Waals surface area (Å²) in [4.78, 5) is 0. The van der Waals surface area contributed by atoms with Gasteiger partial charge in [-0.2, -0.15) is 0 Å². The molecule has 0 saturated carbocycles. The summed E-state index contributed by atoms with van der Waals surface area (Å²) in [5, 5.41) is 9.06. The predicted molar refractivity (Wildman–Crippen MR) is 45.0 cm³/mol. The van der Waals surface area contributed by atoms with Crippen LogP contribution in [0.25, 0.3) is 0 Å². The van der Waals surface area contributed by atoms with Crippen LogP contribution in [0.2, 0.25) is 0 Å². The third-order valence-corrected chi connectivity index (χ3v) is 1.85. The van der Waals surface area contributed by atoms with Crippen LogP contribution in [-0.4, -0.2) is 11.2 Å². The van der Waals surface area contributed by atoms with Crippen molar-refractivity contribution in [3.05, 3.63) is 35.4 Å². The van der Waals surface area contributed by atoms with Crippen LogP contribution in [0.15, 0.2) is 18.2 Å². The van der Waals surface area contributed by atoms with Crippen molar-refractivity contribution in [2.45, 2.75) is 19.1 Å². The van der Waals surface area contributed by atoms with Gasteiger partial charge in [0.2, 0.25) is 0 Å². The topological polar surface area (TPSA) is 46.2 Å². The molecular formula is C9H11F2NO. The molecule has 3 N–H and O–H groups in total. The van der Waals surface area contributed by atoms with Crippen LogP contribution in [0.5, 0.6) is 0 Å². The van der Waals surface area contributed by atoms with E-state index in [-0.39, 0.29) is 5.56 Å². The Balaban J connectivity index is 3.12. The third kappa shape index (κ3) is 2.02.